The molecule has 2 nitrogen and oxygen atoms in total. The summed E-state index contributed by atoms with van der Waals surface area (Å²) < 4.78 is 13.5. The maximum Gasteiger partial charge on any atom is 0.136 e. The fraction of sp³-hybridized carbons (Fsp3) is 0.357. The number of aromatic nitrogens is 1. The SMILES string of the molecule is Fc1ccccc1SCc1nc(CNC2CC2)cs1. The van der Waals surface area contributed by atoms with Crippen molar-refractivity contribution in [3.05, 3.63) is 46.2 Å². The van der Waals surface area contributed by atoms with Gasteiger partial charge in [-0.3, -0.25) is 0 Å². The molecule has 0 atom stereocenters. The first-order chi connectivity index (χ1) is 9.31. The van der Waals surface area contributed by atoms with Crippen LogP contribution in [-0.2, 0) is 12.3 Å². The number of nitrogens with one attached hydrogen (secondary N) is 1. The van der Waals surface area contributed by atoms with Crippen LogP contribution in [0.5, 0.6) is 0 Å². The van der Waals surface area contributed by atoms with Crippen LogP contribution in [-0.4, -0.2) is 11.0 Å². The third-order valence-corrected chi connectivity index (χ3v) is 5.08. The van der Waals surface area contributed by atoms with Crippen LogP contribution >= 0.6 is 23.1 Å². The number of benzene rings is 1. The number of hydrogen-bond donors (Lipinski definition) is 1. The Hall–Kier alpha value is -0.910. The summed E-state index contributed by atoms with van der Waals surface area (Å²) in [6.45, 7) is 0.853. The average molecular weight is 294 g/mol. The lowest BCUT2D eigenvalue weighted by molar-refractivity contribution is 0.602. The number of rotatable bonds is 6. The van der Waals surface area contributed by atoms with Crippen LogP contribution in [0.2, 0.25) is 0 Å². The fourth-order valence-corrected chi connectivity index (χ4v) is 3.49. The second kappa shape index (κ2) is 6.03. The smallest absolute Gasteiger partial charge is 0.136 e. The molecule has 0 amide bonds. The molecule has 1 saturated carbocycles. The van der Waals surface area contributed by atoms with Gasteiger partial charge >= 0.3 is 0 Å². The van der Waals surface area contributed by atoms with Gasteiger partial charge in [0.2, 0.25) is 0 Å². The van der Waals surface area contributed by atoms with Crippen molar-refractivity contribution in [1.82, 2.24) is 10.3 Å². The van der Waals surface area contributed by atoms with Crippen LogP contribution < -0.4 is 5.32 Å². The summed E-state index contributed by atoms with van der Waals surface area (Å²) in [5.41, 5.74) is 1.10. The lowest BCUT2D eigenvalue weighted by atomic mass is 10.3. The Morgan fingerprint density at radius 1 is 1.37 bits per heavy atom. The summed E-state index contributed by atoms with van der Waals surface area (Å²) >= 11 is 3.16. The molecule has 1 aliphatic rings. The van der Waals surface area contributed by atoms with E-state index in [1.807, 2.05) is 12.1 Å². The van der Waals surface area contributed by atoms with E-state index in [4.69, 9.17) is 0 Å². The number of nitrogens with zero attached hydrogens (tertiary/aromatic N) is 1. The Morgan fingerprint density at radius 2 is 2.21 bits per heavy atom. The van der Waals surface area contributed by atoms with Crippen LogP contribution in [0.15, 0.2) is 34.5 Å². The van der Waals surface area contributed by atoms with Gasteiger partial charge in [-0.2, -0.15) is 0 Å². The van der Waals surface area contributed by atoms with Crippen LogP contribution in [0.4, 0.5) is 4.39 Å². The summed E-state index contributed by atoms with van der Waals surface area (Å²) in [6.07, 6.45) is 2.58. The molecule has 1 aromatic heterocycles. The van der Waals surface area contributed by atoms with Crippen molar-refractivity contribution < 1.29 is 4.39 Å². The minimum atomic E-state index is -0.153. The Labute approximate surface area is 120 Å². The second-order valence-electron chi connectivity index (χ2n) is 4.61. The second-order valence-corrected chi connectivity index (χ2v) is 6.57. The van der Waals surface area contributed by atoms with E-state index in [9.17, 15) is 4.39 Å². The van der Waals surface area contributed by atoms with Gasteiger partial charge in [0.05, 0.1) is 11.4 Å². The summed E-state index contributed by atoms with van der Waals surface area (Å²) in [6, 6.07) is 7.58. The Bertz CT molecular complexity index is 552. The zero-order chi connectivity index (χ0) is 13.1. The summed E-state index contributed by atoms with van der Waals surface area (Å²) in [5.74, 6) is 0.578. The largest absolute Gasteiger partial charge is 0.308 e. The molecule has 0 radical (unpaired) electrons. The van der Waals surface area contributed by atoms with Gasteiger partial charge in [-0.15, -0.1) is 23.1 Å². The van der Waals surface area contributed by atoms with E-state index in [1.54, 1.807) is 17.4 Å². The van der Waals surface area contributed by atoms with Gasteiger partial charge < -0.3 is 5.32 Å². The molecule has 19 heavy (non-hydrogen) atoms. The minimum Gasteiger partial charge on any atom is -0.308 e. The molecule has 100 valence electrons. The highest BCUT2D eigenvalue weighted by molar-refractivity contribution is 7.98. The van der Waals surface area contributed by atoms with Crippen molar-refractivity contribution >= 4 is 23.1 Å². The molecular weight excluding hydrogens is 279 g/mol. The summed E-state index contributed by atoms with van der Waals surface area (Å²) in [4.78, 5) is 5.26. The van der Waals surface area contributed by atoms with Crippen LogP contribution in [0.1, 0.15) is 23.5 Å². The number of halogens is 1. The lowest BCUT2D eigenvalue weighted by Crippen LogP contribution is -2.15. The quantitative estimate of drug-likeness (QED) is 0.820. The van der Waals surface area contributed by atoms with Gasteiger partial charge in [-0.25, -0.2) is 9.37 Å². The predicted molar refractivity (Wildman–Crippen MR) is 77.9 cm³/mol. The van der Waals surface area contributed by atoms with Crippen molar-refractivity contribution in [3.63, 3.8) is 0 Å². The Morgan fingerprint density at radius 3 is 3.00 bits per heavy atom. The van der Waals surface area contributed by atoms with Gasteiger partial charge in [0.1, 0.15) is 10.8 Å². The van der Waals surface area contributed by atoms with E-state index in [2.05, 4.69) is 15.7 Å². The molecule has 2 aromatic rings. The zero-order valence-corrected chi connectivity index (χ0v) is 12.1. The topological polar surface area (TPSA) is 24.9 Å². The number of hydrogen-bond acceptors (Lipinski definition) is 4. The molecule has 0 unspecified atom stereocenters. The normalized spacial score (nSPS) is 14.8. The Kier molecular flexibility index (Phi) is 4.15. The van der Waals surface area contributed by atoms with Gasteiger partial charge in [0.15, 0.2) is 0 Å². The van der Waals surface area contributed by atoms with E-state index in [0.717, 1.165) is 23.0 Å². The molecule has 1 heterocycles. The maximum atomic E-state index is 13.5. The summed E-state index contributed by atoms with van der Waals surface area (Å²) in [5, 5.41) is 6.59. The molecule has 1 aromatic carbocycles. The van der Waals surface area contributed by atoms with E-state index in [-0.39, 0.29) is 5.82 Å². The molecule has 3 rings (SSSR count). The molecule has 1 fully saturated rings. The molecule has 0 spiro atoms. The van der Waals surface area contributed by atoms with E-state index in [1.165, 1.54) is 30.7 Å². The molecule has 1 N–H and O–H groups in total. The van der Waals surface area contributed by atoms with Gasteiger partial charge in [0, 0.05) is 22.9 Å². The number of thiazole rings is 1. The highest BCUT2D eigenvalue weighted by Crippen LogP contribution is 2.26. The van der Waals surface area contributed by atoms with Crippen LogP contribution in [0, 0.1) is 5.82 Å². The van der Waals surface area contributed by atoms with Crippen molar-refractivity contribution in [1.29, 1.82) is 0 Å². The minimum absolute atomic E-state index is 0.153. The van der Waals surface area contributed by atoms with Crippen molar-refractivity contribution in [3.8, 4) is 0 Å². The molecule has 0 saturated heterocycles. The first kappa shape index (κ1) is 13.1. The standard InChI is InChI=1S/C14H15FN2S2/c15-12-3-1-2-4-13(12)18-9-14-17-11(8-19-14)7-16-10-5-6-10/h1-4,8,10,16H,5-7,9H2. The van der Waals surface area contributed by atoms with Crippen LogP contribution in [0.3, 0.4) is 0 Å². The number of thioether (sulfide) groups is 1. The van der Waals surface area contributed by atoms with Gasteiger partial charge in [0.25, 0.3) is 0 Å². The van der Waals surface area contributed by atoms with Crippen LogP contribution in [0.25, 0.3) is 0 Å². The monoisotopic (exact) mass is 294 g/mol. The van der Waals surface area contributed by atoms with Gasteiger partial charge in [-0.1, -0.05) is 12.1 Å². The first-order valence-corrected chi connectivity index (χ1v) is 8.22. The van der Waals surface area contributed by atoms with E-state index in [0.29, 0.717) is 10.9 Å². The van der Waals surface area contributed by atoms with Crippen molar-refractivity contribution in [2.24, 2.45) is 0 Å². The third kappa shape index (κ3) is 3.78. The lowest BCUT2D eigenvalue weighted by Gasteiger charge is -2.00. The summed E-state index contributed by atoms with van der Waals surface area (Å²) in [7, 11) is 0. The maximum absolute atomic E-state index is 13.5. The molecule has 1 aliphatic carbocycles. The fourth-order valence-electron chi connectivity index (χ4n) is 1.73. The average Bonchev–Trinajstić information content (AvgIpc) is 3.14. The van der Waals surface area contributed by atoms with E-state index >= 15 is 0 Å². The predicted octanol–water partition coefficient (Wildman–Crippen LogP) is 3.83. The molecule has 0 bridgehead atoms. The molecule has 0 aliphatic heterocycles. The molecular formula is C14H15FN2S2. The van der Waals surface area contributed by atoms with Crippen molar-refractivity contribution in [2.45, 2.75) is 36.1 Å². The molecule has 5 heteroatoms. The van der Waals surface area contributed by atoms with E-state index < -0.39 is 0 Å². The highest BCUT2D eigenvalue weighted by Gasteiger charge is 2.20. The van der Waals surface area contributed by atoms with Crippen molar-refractivity contribution in [2.75, 3.05) is 0 Å². The van der Waals surface area contributed by atoms with Gasteiger partial charge in [-0.05, 0) is 25.0 Å². The third-order valence-electron chi connectivity index (χ3n) is 2.94. The first-order valence-electron chi connectivity index (χ1n) is 6.35. The zero-order valence-electron chi connectivity index (χ0n) is 10.4. The highest BCUT2D eigenvalue weighted by atomic mass is 32.2. The Balaban J connectivity index is 1.53.